The molecule has 21 heavy (non-hydrogen) atoms. The van der Waals surface area contributed by atoms with Crippen LogP contribution in [0.1, 0.15) is 30.4 Å². The van der Waals surface area contributed by atoms with Gasteiger partial charge in [0.1, 0.15) is 5.69 Å². The number of carbonyl (C=O) groups excluding carboxylic acids is 1. The summed E-state index contributed by atoms with van der Waals surface area (Å²) in [5.74, 6) is -0.107. The quantitative estimate of drug-likeness (QED) is 0.717. The van der Waals surface area contributed by atoms with Gasteiger partial charge in [-0.25, -0.2) is 0 Å². The molecular weight excluding hydrogens is 330 g/mol. The van der Waals surface area contributed by atoms with Gasteiger partial charge in [0.05, 0.1) is 0 Å². The Hall–Kier alpha value is -2.01. The van der Waals surface area contributed by atoms with E-state index in [1.807, 2.05) is 47.3 Å². The molecule has 3 aromatic rings. The van der Waals surface area contributed by atoms with Crippen molar-refractivity contribution >= 4 is 38.4 Å². The predicted molar refractivity (Wildman–Crippen MR) is 88.8 cm³/mol. The van der Waals surface area contributed by atoms with Gasteiger partial charge in [-0.3, -0.25) is 4.79 Å². The molecule has 2 N–H and O–H groups in total. The summed E-state index contributed by atoms with van der Waals surface area (Å²) in [7, 11) is 0. The van der Waals surface area contributed by atoms with Crippen molar-refractivity contribution in [1.29, 1.82) is 0 Å². The number of rotatable bonds is 3. The van der Waals surface area contributed by atoms with Crippen molar-refractivity contribution in [2.24, 2.45) is 0 Å². The third kappa shape index (κ3) is 2.74. The SMILES string of the molecule is CC(C)n1cc(Br)cc1C(=O)Nc1ccc2[nH]ccc2c1. The van der Waals surface area contributed by atoms with E-state index in [9.17, 15) is 4.79 Å². The van der Waals surface area contributed by atoms with Crippen LogP contribution >= 0.6 is 15.9 Å². The molecule has 3 rings (SSSR count). The summed E-state index contributed by atoms with van der Waals surface area (Å²) in [4.78, 5) is 15.6. The fraction of sp³-hybridized carbons (Fsp3) is 0.188. The number of halogens is 1. The monoisotopic (exact) mass is 345 g/mol. The second-order valence-corrected chi connectivity index (χ2v) is 6.19. The highest BCUT2D eigenvalue weighted by molar-refractivity contribution is 9.10. The Bertz CT molecular complexity index is 801. The zero-order chi connectivity index (χ0) is 15.0. The first-order valence-electron chi connectivity index (χ1n) is 6.80. The number of anilines is 1. The van der Waals surface area contributed by atoms with Gasteiger partial charge in [0, 0.05) is 39.5 Å². The van der Waals surface area contributed by atoms with E-state index in [0.29, 0.717) is 5.69 Å². The average molecular weight is 346 g/mol. The van der Waals surface area contributed by atoms with Gasteiger partial charge in [-0.05, 0) is 60.1 Å². The summed E-state index contributed by atoms with van der Waals surface area (Å²) in [5.41, 5.74) is 2.49. The average Bonchev–Trinajstić information content (AvgIpc) is 3.04. The molecule has 0 aliphatic carbocycles. The molecule has 2 aromatic heterocycles. The van der Waals surface area contributed by atoms with Crippen LogP contribution in [0.2, 0.25) is 0 Å². The van der Waals surface area contributed by atoms with Gasteiger partial charge in [0.15, 0.2) is 0 Å². The van der Waals surface area contributed by atoms with E-state index in [1.54, 1.807) is 0 Å². The minimum atomic E-state index is -0.107. The molecule has 5 heteroatoms. The van der Waals surface area contributed by atoms with E-state index in [-0.39, 0.29) is 11.9 Å². The van der Waals surface area contributed by atoms with Crippen molar-refractivity contribution in [3.8, 4) is 0 Å². The molecule has 0 saturated carbocycles. The van der Waals surface area contributed by atoms with E-state index >= 15 is 0 Å². The van der Waals surface area contributed by atoms with Crippen LogP contribution in [0.15, 0.2) is 47.2 Å². The van der Waals surface area contributed by atoms with Crippen LogP contribution in [0.25, 0.3) is 10.9 Å². The summed E-state index contributed by atoms with van der Waals surface area (Å²) >= 11 is 3.43. The van der Waals surface area contributed by atoms with Gasteiger partial charge in [0.25, 0.3) is 5.91 Å². The number of nitrogens with one attached hydrogen (secondary N) is 2. The number of hydrogen-bond acceptors (Lipinski definition) is 1. The number of benzene rings is 1. The van der Waals surface area contributed by atoms with Gasteiger partial charge >= 0.3 is 0 Å². The molecule has 0 aliphatic rings. The van der Waals surface area contributed by atoms with Crippen molar-refractivity contribution in [1.82, 2.24) is 9.55 Å². The number of hydrogen-bond donors (Lipinski definition) is 2. The van der Waals surface area contributed by atoms with Crippen LogP contribution in [-0.2, 0) is 0 Å². The van der Waals surface area contributed by atoms with Crippen molar-refractivity contribution < 1.29 is 4.79 Å². The molecule has 108 valence electrons. The lowest BCUT2D eigenvalue weighted by molar-refractivity contribution is 0.101. The summed E-state index contributed by atoms with van der Waals surface area (Å²) in [6, 6.07) is 9.87. The van der Waals surface area contributed by atoms with Crippen LogP contribution in [0.3, 0.4) is 0 Å². The minimum absolute atomic E-state index is 0.107. The fourth-order valence-electron chi connectivity index (χ4n) is 2.38. The fourth-order valence-corrected chi connectivity index (χ4v) is 2.82. The predicted octanol–water partition coefficient (Wildman–Crippen LogP) is 4.57. The Kier molecular flexibility index (Phi) is 3.59. The first-order valence-corrected chi connectivity index (χ1v) is 7.60. The second kappa shape index (κ2) is 5.41. The van der Waals surface area contributed by atoms with Crippen LogP contribution in [0.5, 0.6) is 0 Å². The van der Waals surface area contributed by atoms with Gasteiger partial charge in [-0.15, -0.1) is 0 Å². The smallest absolute Gasteiger partial charge is 0.272 e. The molecule has 1 aromatic carbocycles. The Morgan fingerprint density at radius 2 is 2.10 bits per heavy atom. The molecule has 0 spiro atoms. The van der Waals surface area contributed by atoms with Crippen LogP contribution in [0.4, 0.5) is 5.69 Å². The maximum atomic E-state index is 12.5. The first kappa shape index (κ1) is 13.9. The number of amides is 1. The Morgan fingerprint density at radius 3 is 2.86 bits per heavy atom. The number of fused-ring (bicyclic) bond motifs is 1. The highest BCUT2D eigenvalue weighted by Gasteiger charge is 2.15. The number of carbonyl (C=O) groups is 1. The molecule has 0 aliphatic heterocycles. The highest BCUT2D eigenvalue weighted by atomic mass is 79.9. The normalized spacial score (nSPS) is 11.2. The van der Waals surface area contributed by atoms with E-state index in [2.05, 4.69) is 40.1 Å². The van der Waals surface area contributed by atoms with E-state index in [4.69, 9.17) is 0 Å². The molecule has 0 atom stereocenters. The molecule has 4 nitrogen and oxygen atoms in total. The van der Waals surface area contributed by atoms with Crippen molar-refractivity contribution in [3.05, 3.63) is 52.9 Å². The first-order chi connectivity index (χ1) is 10.0. The molecule has 2 heterocycles. The summed E-state index contributed by atoms with van der Waals surface area (Å²) < 4.78 is 2.86. The lowest BCUT2D eigenvalue weighted by Crippen LogP contribution is -2.17. The van der Waals surface area contributed by atoms with Crippen molar-refractivity contribution in [2.45, 2.75) is 19.9 Å². The molecule has 0 bridgehead atoms. The Balaban J connectivity index is 1.88. The molecule has 0 saturated heterocycles. The minimum Gasteiger partial charge on any atom is -0.361 e. The number of H-pyrrole nitrogens is 1. The lowest BCUT2D eigenvalue weighted by Gasteiger charge is -2.12. The largest absolute Gasteiger partial charge is 0.361 e. The van der Waals surface area contributed by atoms with E-state index in [1.165, 1.54) is 0 Å². The Morgan fingerprint density at radius 1 is 1.29 bits per heavy atom. The van der Waals surface area contributed by atoms with Gasteiger partial charge in [-0.2, -0.15) is 0 Å². The summed E-state index contributed by atoms with van der Waals surface area (Å²) in [6.07, 6.45) is 3.81. The van der Waals surface area contributed by atoms with E-state index < -0.39 is 0 Å². The standard InChI is InChI=1S/C16H16BrN3O/c1-10(2)20-9-12(17)8-15(20)16(21)19-13-3-4-14-11(7-13)5-6-18-14/h3-10,18H,1-2H3,(H,19,21). The molecule has 0 radical (unpaired) electrons. The molecule has 0 fully saturated rings. The molecule has 0 unspecified atom stereocenters. The number of nitrogens with zero attached hydrogens (tertiary/aromatic N) is 1. The van der Waals surface area contributed by atoms with Crippen molar-refractivity contribution in [3.63, 3.8) is 0 Å². The van der Waals surface area contributed by atoms with Gasteiger partial charge in [-0.1, -0.05) is 0 Å². The highest BCUT2D eigenvalue weighted by Crippen LogP contribution is 2.22. The number of aromatic nitrogens is 2. The van der Waals surface area contributed by atoms with E-state index in [0.717, 1.165) is 21.1 Å². The topological polar surface area (TPSA) is 49.8 Å². The third-order valence-corrected chi connectivity index (χ3v) is 3.85. The lowest BCUT2D eigenvalue weighted by atomic mass is 10.2. The number of aromatic amines is 1. The zero-order valence-corrected chi connectivity index (χ0v) is 13.4. The van der Waals surface area contributed by atoms with Gasteiger partial charge < -0.3 is 14.9 Å². The van der Waals surface area contributed by atoms with Crippen LogP contribution in [-0.4, -0.2) is 15.5 Å². The summed E-state index contributed by atoms with van der Waals surface area (Å²) in [5, 5.41) is 4.03. The van der Waals surface area contributed by atoms with Gasteiger partial charge in [0.2, 0.25) is 0 Å². The molecular formula is C16H16BrN3O. The van der Waals surface area contributed by atoms with Crippen molar-refractivity contribution in [2.75, 3.05) is 5.32 Å². The molecule has 1 amide bonds. The van der Waals surface area contributed by atoms with Crippen LogP contribution < -0.4 is 5.32 Å². The van der Waals surface area contributed by atoms with Crippen LogP contribution in [0, 0.1) is 0 Å². The maximum Gasteiger partial charge on any atom is 0.272 e. The summed E-state index contributed by atoms with van der Waals surface area (Å²) in [6.45, 7) is 4.10. The Labute approximate surface area is 131 Å². The second-order valence-electron chi connectivity index (χ2n) is 5.28. The third-order valence-electron chi connectivity index (χ3n) is 3.42. The zero-order valence-electron chi connectivity index (χ0n) is 11.9. The maximum absolute atomic E-state index is 12.5.